The zero-order valence-corrected chi connectivity index (χ0v) is 13.3. The summed E-state index contributed by atoms with van der Waals surface area (Å²) >= 11 is 0. The Hall–Kier alpha value is -2.30. The monoisotopic (exact) mass is 295 g/mol. The first-order valence-corrected chi connectivity index (χ1v) is 7.78. The first-order chi connectivity index (χ1) is 10.5. The average Bonchev–Trinajstić information content (AvgIpc) is 3.09. The van der Waals surface area contributed by atoms with Gasteiger partial charge in [0.2, 0.25) is 5.95 Å². The van der Waals surface area contributed by atoms with Crippen LogP contribution in [0.3, 0.4) is 0 Å². The van der Waals surface area contributed by atoms with Gasteiger partial charge in [-0.2, -0.15) is 5.10 Å². The molecule has 5 heteroatoms. The topological polar surface area (TPSA) is 49.7 Å². The van der Waals surface area contributed by atoms with Crippen LogP contribution in [0.15, 0.2) is 30.5 Å². The Kier molecular flexibility index (Phi) is 2.79. The fourth-order valence-electron chi connectivity index (χ4n) is 3.18. The number of H-pyrrole nitrogens is 1. The first kappa shape index (κ1) is 13.4. The van der Waals surface area contributed by atoms with Crippen LogP contribution in [0.5, 0.6) is 0 Å². The molecule has 0 saturated carbocycles. The second kappa shape index (κ2) is 4.60. The van der Waals surface area contributed by atoms with E-state index in [1.54, 1.807) is 0 Å². The highest BCUT2D eigenvalue weighted by Crippen LogP contribution is 2.27. The fourth-order valence-corrected chi connectivity index (χ4v) is 3.18. The van der Waals surface area contributed by atoms with Crippen molar-refractivity contribution in [3.05, 3.63) is 41.7 Å². The lowest BCUT2D eigenvalue weighted by Gasteiger charge is -2.29. The van der Waals surface area contributed by atoms with Gasteiger partial charge in [-0.1, -0.05) is 12.1 Å². The Balaban J connectivity index is 1.66. The molecule has 5 nitrogen and oxygen atoms in total. The van der Waals surface area contributed by atoms with Crippen LogP contribution in [0, 0.1) is 0 Å². The largest absolute Gasteiger partial charge is 0.338 e. The predicted octanol–water partition coefficient (Wildman–Crippen LogP) is 3.08. The average molecular weight is 295 g/mol. The number of fused-ring (bicyclic) bond motifs is 2. The van der Waals surface area contributed by atoms with Crippen LogP contribution in [-0.4, -0.2) is 26.3 Å². The number of anilines is 1. The van der Waals surface area contributed by atoms with Gasteiger partial charge in [-0.05, 0) is 32.9 Å². The van der Waals surface area contributed by atoms with Gasteiger partial charge in [0.25, 0.3) is 0 Å². The van der Waals surface area contributed by atoms with E-state index >= 15 is 0 Å². The number of rotatable bonds is 1. The lowest BCUT2D eigenvalue weighted by Crippen LogP contribution is -2.34. The third-order valence-corrected chi connectivity index (χ3v) is 4.25. The van der Waals surface area contributed by atoms with Crippen LogP contribution < -0.4 is 4.90 Å². The van der Waals surface area contributed by atoms with Crippen molar-refractivity contribution in [3.63, 3.8) is 0 Å². The van der Waals surface area contributed by atoms with Crippen LogP contribution in [0.2, 0.25) is 0 Å². The Bertz CT molecular complexity index is 788. The second-order valence-corrected chi connectivity index (χ2v) is 6.95. The summed E-state index contributed by atoms with van der Waals surface area (Å²) in [6.07, 6.45) is 3.01. The van der Waals surface area contributed by atoms with Crippen LogP contribution in [0.1, 0.15) is 32.0 Å². The molecule has 0 atom stereocenters. The molecule has 0 bridgehead atoms. The van der Waals surface area contributed by atoms with E-state index in [2.05, 4.69) is 46.5 Å². The van der Waals surface area contributed by atoms with Crippen molar-refractivity contribution in [2.45, 2.75) is 39.3 Å². The molecule has 0 aliphatic carbocycles. The van der Waals surface area contributed by atoms with E-state index in [1.807, 2.05) is 24.4 Å². The number of hydrogen-bond acceptors (Lipinski definition) is 3. The van der Waals surface area contributed by atoms with Gasteiger partial charge >= 0.3 is 0 Å². The van der Waals surface area contributed by atoms with Gasteiger partial charge in [-0.3, -0.25) is 4.68 Å². The molecular weight excluding hydrogens is 274 g/mol. The highest BCUT2D eigenvalue weighted by molar-refractivity contribution is 5.77. The Morgan fingerprint density at radius 1 is 1.18 bits per heavy atom. The van der Waals surface area contributed by atoms with Crippen molar-refractivity contribution < 1.29 is 0 Å². The quantitative estimate of drug-likeness (QED) is 0.750. The summed E-state index contributed by atoms with van der Waals surface area (Å²) in [5.74, 6) is 0.954. The number of aromatic amines is 1. The molecule has 3 aromatic rings. The van der Waals surface area contributed by atoms with Gasteiger partial charge in [0.1, 0.15) is 0 Å². The standard InChI is InChI=1S/C17H21N5/c1-17(2,3)22-15-8-9-21(11-12(15)10-18-22)16-19-13-6-4-5-7-14(13)20-16/h4-7,10H,8-9,11H2,1-3H3,(H,19,20). The Morgan fingerprint density at radius 3 is 2.77 bits per heavy atom. The number of aromatic nitrogens is 4. The van der Waals surface area contributed by atoms with E-state index < -0.39 is 0 Å². The molecule has 1 aliphatic heterocycles. The number of imidazole rings is 1. The number of nitrogens with one attached hydrogen (secondary N) is 1. The fraction of sp³-hybridized carbons (Fsp3) is 0.412. The molecular formula is C17H21N5. The lowest BCUT2D eigenvalue weighted by molar-refractivity contribution is 0.341. The molecule has 0 fully saturated rings. The predicted molar refractivity (Wildman–Crippen MR) is 88.1 cm³/mol. The normalized spacial score (nSPS) is 15.3. The van der Waals surface area contributed by atoms with Crippen molar-refractivity contribution in [1.82, 2.24) is 19.7 Å². The minimum Gasteiger partial charge on any atom is -0.338 e. The van der Waals surface area contributed by atoms with Crippen molar-refractivity contribution in [2.75, 3.05) is 11.4 Å². The maximum absolute atomic E-state index is 4.71. The number of nitrogens with zero attached hydrogens (tertiary/aromatic N) is 4. The summed E-state index contributed by atoms with van der Waals surface area (Å²) in [5, 5.41) is 4.60. The number of benzene rings is 1. The molecule has 0 spiro atoms. The van der Waals surface area contributed by atoms with E-state index in [9.17, 15) is 0 Å². The van der Waals surface area contributed by atoms with Crippen molar-refractivity contribution in [3.8, 4) is 0 Å². The summed E-state index contributed by atoms with van der Waals surface area (Å²) in [4.78, 5) is 10.4. The van der Waals surface area contributed by atoms with Crippen LogP contribution in [0.4, 0.5) is 5.95 Å². The smallest absolute Gasteiger partial charge is 0.204 e. The molecule has 114 valence electrons. The number of para-hydroxylation sites is 2. The van der Waals surface area contributed by atoms with Gasteiger partial charge in [-0.15, -0.1) is 0 Å². The molecule has 3 heterocycles. The van der Waals surface area contributed by atoms with Gasteiger partial charge in [0.15, 0.2) is 0 Å². The van der Waals surface area contributed by atoms with E-state index in [0.29, 0.717) is 0 Å². The molecule has 2 aromatic heterocycles. The Morgan fingerprint density at radius 2 is 2.00 bits per heavy atom. The molecule has 0 amide bonds. The van der Waals surface area contributed by atoms with E-state index in [-0.39, 0.29) is 5.54 Å². The summed E-state index contributed by atoms with van der Waals surface area (Å²) in [6.45, 7) is 8.43. The summed E-state index contributed by atoms with van der Waals surface area (Å²) in [5.41, 5.74) is 4.82. The van der Waals surface area contributed by atoms with Crippen molar-refractivity contribution >= 4 is 17.0 Å². The first-order valence-electron chi connectivity index (χ1n) is 7.78. The second-order valence-electron chi connectivity index (χ2n) is 6.95. The molecule has 1 N–H and O–H groups in total. The highest BCUT2D eigenvalue weighted by atomic mass is 15.3. The van der Waals surface area contributed by atoms with Crippen molar-refractivity contribution in [2.24, 2.45) is 0 Å². The van der Waals surface area contributed by atoms with Crippen LogP contribution in [0.25, 0.3) is 11.0 Å². The zero-order valence-electron chi connectivity index (χ0n) is 13.3. The Labute approximate surface area is 130 Å². The van der Waals surface area contributed by atoms with E-state index in [4.69, 9.17) is 4.98 Å². The summed E-state index contributed by atoms with van der Waals surface area (Å²) in [6, 6.07) is 8.17. The van der Waals surface area contributed by atoms with Gasteiger partial charge in [0.05, 0.1) is 22.8 Å². The van der Waals surface area contributed by atoms with Gasteiger partial charge in [0, 0.05) is 30.8 Å². The molecule has 1 aromatic carbocycles. The molecule has 22 heavy (non-hydrogen) atoms. The van der Waals surface area contributed by atoms with E-state index in [1.165, 1.54) is 11.3 Å². The third kappa shape index (κ3) is 2.08. The lowest BCUT2D eigenvalue weighted by atomic mass is 10.0. The SMILES string of the molecule is CC(C)(C)n1ncc2c1CCN(c1nc3ccccc3[nH]1)C2. The summed E-state index contributed by atoms with van der Waals surface area (Å²) < 4.78 is 2.16. The zero-order chi connectivity index (χ0) is 15.3. The van der Waals surface area contributed by atoms with Gasteiger partial charge in [-0.25, -0.2) is 4.98 Å². The summed E-state index contributed by atoms with van der Waals surface area (Å²) in [7, 11) is 0. The minimum absolute atomic E-state index is 0.0368. The van der Waals surface area contributed by atoms with E-state index in [0.717, 1.165) is 36.5 Å². The number of hydrogen-bond donors (Lipinski definition) is 1. The van der Waals surface area contributed by atoms with Gasteiger partial charge < -0.3 is 9.88 Å². The van der Waals surface area contributed by atoms with Crippen LogP contribution >= 0.6 is 0 Å². The molecule has 1 aliphatic rings. The molecule has 0 radical (unpaired) electrons. The molecule has 4 rings (SSSR count). The molecule has 0 unspecified atom stereocenters. The van der Waals surface area contributed by atoms with Crippen molar-refractivity contribution in [1.29, 1.82) is 0 Å². The maximum atomic E-state index is 4.71. The molecule has 0 saturated heterocycles. The minimum atomic E-state index is 0.0368. The highest BCUT2D eigenvalue weighted by Gasteiger charge is 2.26. The van der Waals surface area contributed by atoms with Crippen LogP contribution in [-0.2, 0) is 18.5 Å². The maximum Gasteiger partial charge on any atom is 0.204 e. The third-order valence-electron chi connectivity index (χ3n) is 4.25.